The van der Waals surface area contributed by atoms with Crippen molar-refractivity contribution in [3.8, 4) is 0 Å². The Labute approximate surface area is 112 Å². The highest BCUT2D eigenvalue weighted by molar-refractivity contribution is 9.10. The van der Waals surface area contributed by atoms with Gasteiger partial charge in [0.15, 0.2) is 0 Å². The number of likely N-dealkylation sites (N-methyl/N-ethyl adjacent to an activating group) is 1. The van der Waals surface area contributed by atoms with Crippen LogP contribution < -0.4 is 5.32 Å². The Kier molecular flexibility index (Phi) is 3.97. The van der Waals surface area contributed by atoms with Gasteiger partial charge in [0.25, 0.3) is 0 Å². The summed E-state index contributed by atoms with van der Waals surface area (Å²) >= 11 is 3.01. The van der Waals surface area contributed by atoms with E-state index in [-0.39, 0.29) is 28.5 Å². The molecule has 1 aromatic carbocycles. The van der Waals surface area contributed by atoms with E-state index < -0.39 is 11.6 Å². The predicted molar refractivity (Wildman–Crippen MR) is 66.9 cm³/mol. The van der Waals surface area contributed by atoms with Crippen LogP contribution in [0.15, 0.2) is 16.6 Å². The van der Waals surface area contributed by atoms with Gasteiger partial charge >= 0.3 is 0 Å². The van der Waals surface area contributed by atoms with E-state index in [0.717, 1.165) is 0 Å². The van der Waals surface area contributed by atoms with E-state index in [0.29, 0.717) is 13.0 Å². The lowest BCUT2D eigenvalue weighted by atomic mass is 10.1. The molecule has 18 heavy (non-hydrogen) atoms. The largest absolute Gasteiger partial charge is 0.344 e. The lowest BCUT2D eigenvalue weighted by Crippen LogP contribution is -2.36. The van der Waals surface area contributed by atoms with Crippen LogP contribution in [0.1, 0.15) is 12.0 Å². The lowest BCUT2D eigenvalue weighted by Gasteiger charge is -2.13. The van der Waals surface area contributed by atoms with E-state index in [1.54, 1.807) is 11.9 Å². The number of likely N-dealkylation sites (tertiary alicyclic amines) is 1. The number of benzene rings is 1. The van der Waals surface area contributed by atoms with Crippen molar-refractivity contribution in [2.24, 2.45) is 0 Å². The first-order chi connectivity index (χ1) is 8.50. The fraction of sp³-hybridized carbons (Fsp3) is 0.417. The van der Waals surface area contributed by atoms with Crippen molar-refractivity contribution in [3.63, 3.8) is 0 Å². The number of nitrogens with one attached hydrogen (secondary N) is 1. The topological polar surface area (TPSA) is 32.3 Å². The van der Waals surface area contributed by atoms with Crippen LogP contribution in [0, 0.1) is 11.6 Å². The number of rotatable bonds is 3. The van der Waals surface area contributed by atoms with Crippen LogP contribution >= 0.6 is 15.9 Å². The minimum atomic E-state index is -0.624. The maximum absolute atomic E-state index is 13.7. The predicted octanol–water partition coefficient (Wildman–Crippen LogP) is 2.05. The van der Waals surface area contributed by atoms with Crippen molar-refractivity contribution in [1.29, 1.82) is 0 Å². The van der Waals surface area contributed by atoms with Gasteiger partial charge in [-0.25, -0.2) is 8.78 Å². The third-order valence-corrected chi connectivity index (χ3v) is 3.70. The number of halogens is 3. The Hall–Kier alpha value is -1.01. The Morgan fingerprint density at radius 1 is 1.50 bits per heavy atom. The summed E-state index contributed by atoms with van der Waals surface area (Å²) in [6.07, 6.45) is 0.659. The number of hydrogen-bond acceptors (Lipinski definition) is 2. The van der Waals surface area contributed by atoms with E-state index in [2.05, 4.69) is 21.2 Å². The molecule has 98 valence electrons. The zero-order chi connectivity index (χ0) is 13.3. The zero-order valence-electron chi connectivity index (χ0n) is 9.84. The van der Waals surface area contributed by atoms with Gasteiger partial charge in [0.2, 0.25) is 5.91 Å². The van der Waals surface area contributed by atoms with Gasteiger partial charge in [-0.05, 0) is 34.5 Å². The molecule has 2 rings (SSSR count). The molecule has 0 saturated carbocycles. The number of amides is 1. The Morgan fingerprint density at radius 3 is 2.83 bits per heavy atom. The Bertz CT molecular complexity index is 481. The molecule has 1 aliphatic heterocycles. The smallest absolute Gasteiger partial charge is 0.239 e. The maximum atomic E-state index is 13.7. The molecule has 0 spiro atoms. The lowest BCUT2D eigenvalue weighted by molar-refractivity contribution is -0.128. The Morgan fingerprint density at radius 2 is 2.22 bits per heavy atom. The van der Waals surface area contributed by atoms with Crippen LogP contribution in [-0.2, 0) is 11.3 Å². The van der Waals surface area contributed by atoms with Crippen LogP contribution in [0.2, 0.25) is 0 Å². The molecule has 0 bridgehead atoms. The number of nitrogens with zero attached hydrogens (tertiary/aromatic N) is 1. The summed E-state index contributed by atoms with van der Waals surface area (Å²) in [5.74, 6) is -1.27. The number of carbonyl (C=O) groups is 1. The second kappa shape index (κ2) is 5.32. The maximum Gasteiger partial charge on any atom is 0.239 e. The summed E-state index contributed by atoms with van der Waals surface area (Å²) < 4.78 is 27.4. The summed E-state index contributed by atoms with van der Waals surface area (Å²) in [5.41, 5.74) is -0.0493. The first kappa shape index (κ1) is 13.4. The fourth-order valence-corrected chi connectivity index (χ4v) is 2.34. The van der Waals surface area contributed by atoms with Gasteiger partial charge in [-0.15, -0.1) is 0 Å². The van der Waals surface area contributed by atoms with Crippen LogP contribution in [0.25, 0.3) is 0 Å². The highest BCUT2D eigenvalue weighted by Crippen LogP contribution is 2.22. The molecular formula is C12H13BrF2N2O. The molecule has 3 nitrogen and oxygen atoms in total. The summed E-state index contributed by atoms with van der Waals surface area (Å²) in [4.78, 5) is 13.2. The second-order valence-electron chi connectivity index (χ2n) is 4.30. The SMILES string of the molecule is CN1CCC(NCc2c(F)ccc(Br)c2F)C1=O. The van der Waals surface area contributed by atoms with Gasteiger partial charge in [-0.3, -0.25) is 4.79 Å². The normalized spacial score (nSPS) is 19.7. The molecule has 1 fully saturated rings. The molecule has 1 saturated heterocycles. The fourth-order valence-electron chi connectivity index (χ4n) is 1.97. The van der Waals surface area contributed by atoms with Crippen molar-refractivity contribution in [2.45, 2.75) is 19.0 Å². The van der Waals surface area contributed by atoms with Crippen molar-refractivity contribution >= 4 is 21.8 Å². The summed E-state index contributed by atoms with van der Waals surface area (Å²) in [6, 6.07) is 2.17. The molecular weight excluding hydrogens is 306 g/mol. The van der Waals surface area contributed by atoms with Gasteiger partial charge in [0.1, 0.15) is 11.6 Å². The van der Waals surface area contributed by atoms with E-state index in [9.17, 15) is 13.6 Å². The van der Waals surface area contributed by atoms with E-state index in [1.807, 2.05) is 0 Å². The highest BCUT2D eigenvalue weighted by atomic mass is 79.9. The van der Waals surface area contributed by atoms with Crippen molar-refractivity contribution in [1.82, 2.24) is 10.2 Å². The average Bonchev–Trinajstić information content (AvgIpc) is 2.66. The van der Waals surface area contributed by atoms with E-state index in [4.69, 9.17) is 0 Å². The van der Waals surface area contributed by atoms with Crippen molar-refractivity contribution < 1.29 is 13.6 Å². The number of carbonyl (C=O) groups excluding carboxylic acids is 1. The summed E-state index contributed by atoms with van der Waals surface area (Å²) in [5, 5.41) is 2.89. The van der Waals surface area contributed by atoms with E-state index in [1.165, 1.54) is 12.1 Å². The average molecular weight is 319 g/mol. The van der Waals surface area contributed by atoms with Crippen molar-refractivity contribution in [3.05, 3.63) is 33.8 Å². The van der Waals surface area contributed by atoms with Crippen molar-refractivity contribution in [2.75, 3.05) is 13.6 Å². The molecule has 1 heterocycles. The summed E-state index contributed by atoms with van der Waals surface area (Å²) in [6.45, 7) is 0.668. The first-order valence-corrected chi connectivity index (χ1v) is 6.40. The van der Waals surface area contributed by atoms with Crippen LogP contribution in [0.5, 0.6) is 0 Å². The molecule has 1 unspecified atom stereocenters. The monoisotopic (exact) mass is 318 g/mol. The zero-order valence-corrected chi connectivity index (χ0v) is 11.4. The van der Waals surface area contributed by atoms with E-state index >= 15 is 0 Å². The van der Waals surface area contributed by atoms with Gasteiger partial charge in [0, 0.05) is 25.7 Å². The van der Waals surface area contributed by atoms with Gasteiger partial charge in [0.05, 0.1) is 10.5 Å². The minimum Gasteiger partial charge on any atom is -0.344 e. The molecule has 1 atom stereocenters. The molecule has 6 heteroatoms. The highest BCUT2D eigenvalue weighted by Gasteiger charge is 2.28. The van der Waals surface area contributed by atoms with Crippen LogP contribution in [0.4, 0.5) is 8.78 Å². The quantitative estimate of drug-likeness (QED) is 0.865. The third-order valence-electron chi connectivity index (χ3n) is 3.09. The molecule has 0 radical (unpaired) electrons. The third kappa shape index (κ3) is 2.54. The molecule has 1 amide bonds. The van der Waals surface area contributed by atoms with Gasteiger partial charge in [-0.1, -0.05) is 0 Å². The van der Waals surface area contributed by atoms with Gasteiger partial charge < -0.3 is 10.2 Å². The molecule has 1 N–H and O–H groups in total. The first-order valence-electron chi connectivity index (χ1n) is 5.61. The van der Waals surface area contributed by atoms with Crippen LogP contribution in [0.3, 0.4) is 0 Å². The number of hydrogen-bond donors (Lipinski definition) is 1. The van der Waals surface area contributed by atoms with Crippen LogP contribution in [-0.4, -0.2) is 30.4 Å². The molecule has 0 aromatic heterocycles. The second-order valence-corrected chi connectivity index (χ2v) is 5.16. The summed E-state index contributed by atoms with van der Waals surface area (Å²) in [7, 11) is 1.71. The molecule has 0 aliphatic carbocycles. The minimum absolute atomic E-state index is 0.00134. The Balaban J connectivity index is 2.07. The molecule has 1 aliphatic rings. The molecule has 1 aromatic rings. The standard InChI is InChI=1S/C12H13BrF2N2O/c1-17-5-4-10(12(17)18)16-6-7-9(14)3-2-8(13)11(7)15/h2-3,10,16H,4-6H2,1H3. The van der Waals surface area contributed by atoms with Gasteiger partial charge in [-0.2, -0.15) is 0 Å².